The zero-order valence-electron chi connectivity index (χ0n) is 14.7. The van der Waals surface area contributed by atoms with Gasteiger partial charge in [0.15, 0.2) is 0 Å². The lowest BCUT2D eigenvalue weighted by Crippen LogP contribution is -2.35. The molecule has 1 fully saturated rings. The number of benzene rings is 1. The molecule has 0 spiro atoms. The Kier molecular flexibility index (Phi) is 4.87. The third-order valence-corrected chi connectivity index (χ3v) is 6.04. The van der Waals surface area contributed by atoms with Crippen molar-refractivity contribution in [2.45, 2.75) is 18.9 Å². The molecule has 0 radical (unpaired) electrons. The number of fused-ring (bicyclic) bond motifs is 1. The first-order valence-corrected chi connectivity index (χ1v) is 9.72. The summed E-state index contributed by atoms with van der Waals surface area (Å²) in [4.78, 5) is 32.4. The molecular formula is C20H20N4O2S. The van der Waals surface area contributed by atoms with Crippen LogP contribution in [0.1, 0.15) is 33.4 Å². The van der Waals surface area contributed by atoms with Crippen molar-refractivity contribution >= 4 is 39.6 Å². The lowest BCUT2D eigenvalue weighted by Gasteiger charge is -2.23. The van der Waals surface area contributed by atoms with Crippen molar-refractivity contribution in [2.24, 2.45) is 5.73 Å². The third kappa shape index (κ3) is 3.43. The fraction of sp³-hybridized carbons (Fsp3) is 0.250. The number of thiophene rings is 1. The van der Waals surface area contributed by atoms with Gasteiger partial charge in [-0.3, -0.25) is 14.6 Å². The predicted octanol–water partition coefficient (Wildman–Crippen LogP) is 3.17. The minimum Gasteiger partial charge on any atom is -0.334 e. The molecule has 1 saturated heterocycles. The van der Waals surface area contributed by atoms with E-state index >= 15 is 0 Å². The number of hydrogen-bond donors (Lipinski definition) is 2. The SMILES string of the molecule is NCC(=O)N1CCCC1c1ccc(C(=O)Nc2cccc3cnccc23)s1. The van der Waals surface area contributed by atoms with Gasteiger partial charge in [0.2, 0.25) is 5.91 Å². The average molecular weight is 380 g/mol. The standard InChI is InChI=1S/C20H20N4O2S/c21-11-19(25)24-10-2-5-16(24)17-6-7-18(27-17)20(26)23-15-4-1-3-13-12-22-9-8-14(13)15/h1,3-4,6-9,12,16H,2,5,10-11,21H2,(H,23,26). The number of hydrogen-bond acceptors (Lipinski definition) is 5. The van der Waals surface area contributed by atoms with Gasteiger partial charge in [-0.2, -0.15) is 0 Å². The highest BCUT2D eigenvalue weighted by Gasteiger charge is 2.30. The van der Waals surface area contributed by atoms with Gasteiger partial charge in [0.05, 0.1) is 17.5 Å². The van der Waals surface area contributed by atoms with Crippen LogP contribution in [0, 0.1) is 0 Å². The molecule has 0 bridgehead atoms. The minimum atomic E-state index is -0.148. The van der Waals surface area contributed by atoms with Crippen LogP contribution >= 0.6 is 11.3 Å². The molecule has 1 unspecified atom stereocenters. The van der Waals surface area contributed by atoms with Gasteiger partial charge in [-0.25, -0.2) is 0 Å². The molecule has 0 aliphatic carbocycles. The van der Waals surface area contributed by atoms with Gasteiger partial charge in [0.1, 0.15) is 0 Å². The maximum Gasteiger partial charge on any atom is 0.265 e. The van der Waals surface area contributed by atoms with Crippen LogP contribution in [0.25, 0.3) is 10.8 Å². The monoisotopic (exact) mass is 380 g/mol. The molecular weight excluding hydrogens is 360 g/mol. The Morgan fingerprint density at radius 3 is 3.00 bits per heavy atom. The largest absolute Gasteiger partial charge is 0.334 e. The lowest BCUT2D eigenvalue weighted by atomic mass is 10.1. The second kappa shape index (κ2) is 7.46. The molecule has 138 valence electrons. The van der Waals surface area contributed by atoms with Gasteiger partial charge in [-0.15, -0.1) is 11.3 Å². The maximum atomic E-state index is 12.7. The third-order valence-electron chi connectivity index (χ3n) is 4.86. The molecule has 1 aliphatic heterocycles. The van der Waals surface area contributed by atoms with Crippen LogP contribution < -0.4 is 11.1 Å². The van der Waals surface area contributed by atoms with Crippen molar-refractivity contribution in [3.63, 3.8) is 0 Å². The van der Waals surface area contributed by atoms with E-state index < -0.39 is 0 Å². The Balaban J connectivity index is 1.54. The van der Waals surface area contributed by atoms with Crippen molar-refractivity contribution in [3.05, 3.63) is 58.5 Å². The Hall–Kier alpha value is -2.77. The zero-order chi connectivity index (χ0) is 18.8. The van der Waals surface area contributed by atoms with Crippen LogP contribution in [0.3, 0.4) is 0 Å². The van der Waals surface area contributed by atoms with Gasteiger partial charge in [-0.05, 0) is 37.1 Å². The molecule has 7 heteroatoms. The predicted molar refractivity (Wildman–Crippen MR) is 107 cm³/mol. The van der Waals surface area contributed by atoms with Gasteiger partial charge in [0, 0.05) is 40.3 Å². The van der Waals surface area contributed by atoms with Crippen LogP contribution in [0.5, 0.6) is 0 Å². The van der Waals surface area contributed by atoms with E-state index in [-0.39, 0.29) is 24.4 Å². The summed E-state index contributed by atoms with van der Waals surface area (Å²) in [6.45, 7) is 0.745. The van der Waals surface area contributed by atoms with E-state index in [2.05, 4.69) is 10.3 Å². The van der Waals surface area contributed by atoms with E-state index in [4.69, 9.17) is 5.73 Å². The summed E-state index contributed by atoms with van der Waals surface area (Å²) >= 11 is 1.44. The second-order valence-electron chi connectivity index (χ2n) is 6.51. The normalized spacial score (nSPS) is 16.6. The molecule has 2 aromatic heterocycles. The van der Waals surface area contributed by atoms with Gasteiger partial charge >= 0.3 is 0 Å². The van der Waals surface area contributed by atoms with E-state index in [0.29, 0.717) is 4.88 Å². The van der Waals surface area contributed by atoms with E-state index in [1.165, 1.54) is 11.3 Å². The van der Waals surface area contributed by atoms with E-state index in [1.807, 2.05) is 41.3 Å². The van der Waals surface area contributed by atoms with E-state index in [0.717, 1.165) is 40.7 Å². The van der Waals surface area contributed by atoms with Gasteiger partial charge in [-0.1, -0.05) is 12.1 Å². The summed E-state index contributed by atoms with van der Waals surface area (Å²) in [5, 5.41) is 4.92. The van der Waals surface area contributed by atoms with Crippen LogP contribution in [0.15, 0.2) is 48.8 Å². The smallest absolute Gasteiger partial charge is 0.265 e. The number of amides is 2. The number of carbonyl (C=O) groups is 2. The van der Waals surface area contributed by atoms with Crippen molar-refractivity contribution in [2.75, 3.05) is 18.4 Å². The summed E-state index contributed by atoms with van der Waals surface area (Å²) in [7, 11) is 0. The van der Waals surface area contributed by atoms with Crippen LogP contribution in [-0.4, -0.2) is 34.8 Å². The number of rotatable bonds is 4. The molecule has 1 aromatic carbocycles. The first-order valence-electron chi connectivity index (χ1n) is 8.91. The summed E-state index contributed by atoms with van der Waals surface area (Å²) in [5.41, 5.74) is 6.28. The Morgan fingerprint density at radius 1 is 1.26 bits per heavy atom. The maximum absolute atomic E-state index is 12.7. The summed E-state index contributed by atoms with van der Waals surface area (Å²) < 4.78 is 0. The minimum absolute atomic E-state index is 0.0190. The van der Waals surface area contributed by atoms with E-state index in [9.17, 15) is 9.59 Å². The number of nitrogens with two attached hydrogens (primary N) is 1. The molecule has 0 saturated carbocycles. The fourth-order valence-corrected chi connectivity index (χ4v) is 4.60. The number of pyridine rings is 1. The Labute approximate surface area is 161 Å². The number of nitrogens with one attached hydrogen (secondary N) is 1. The number of aromatic nitrogens is 1. The molecule has 3 aromatic rings. The Bertz CT molecular complexity index is 995. The summed E-state index contributed by atoms with van der Waals surface area (Å²) in [5.74, 6) is -0.188. The number of likely N-dealkylation sites (tertiary alicyclic amines) is 1. The highest BCUT2D eigenvalue weighted by Crippen LogP contribution is 2.36. The number of anilines is 1. The lowest BCUT2D eigenvalue weighted by molar-refractivity contribution is -0.130. The van der Waals surface area contributed by atoms with Crippen molar-refractivity contribution < 1.29 is 9.59 Å². The zero-order valence-corrected chi connectivity index (χ0v) is 15.5. The molecule has 3 N–H and O–H groups in total. The highest BCUT2D eigenvalue weighted by atomic mass is 32.1. The van der Waals surface area contributed by atoms with Gasteiger partial charge in [0.25, 0.3) is 5.91 Å². The Morgan fingerprint density at radius 2 is 2.15 bits per heavy atom. The number of carbonyl (C=O) groups excluding carboxylic acids is 2. The molecule has 6 nitrogen and oxygen atoms in total. The molecule has 1 atom stereocenters. The quantitative estimate of drug-likeness (QED) is 0.728. The summed E-state index contributed by atoms with van der Waals surface area (Å²) in [6, 6.07) is 11.4. The number of nitrogens with zero attached hydrogens (tertiary/aromatic N) is 2. The highest BCUT2D eigenvalue weighted by molar-refractivity contribution is 7.14. The molecule has 27 heavy (non-hydrogen) atoms. The first-order chi connectivity index (χ1) is 13.2. The fourth-order valence-electron chi connectivity index (χ4n) is 3.55. The van der Waals surface area contributed by atoms with Gasteiger partial charge < -0.3 is 16.0 Å². The summed E-state index contributed by atoms with van der Waals surface area (Å²) in [6.07, 6.45) is 5.35. The topological polar surface area (TPSA) is 88.3 Å². The van der Waals surface area contributed by atoms with Crippen LogP contribution in [0.4, 0.5) is 5.69 Å². The van der Waals surface area contributed by atoms with Crippen LogP contribution in [0.2, 0.25) is 0 Å². The molecule has 4 rings (SSSR count). The van der Waals surface area contributed by atoms with Crippen molar-refractivity contribution in [3.8, 4) is 0 Å². The van der Waals surface area contributed by atoms with Crippen molar-refractivity contribution in [1.29, 1.82) is 0 Å². The molecule has 1 aliphatic rings. The first kappa shape index (κ1) is 17.6. The van der Waals surface area contributed by atoms with Crippen molar-refractivity contribution in [1.82, 2.24) is 9.88 Å². The average Bonchev–Trinajstić information content (AvgIpc) is 3.37. The van der Waals surface area contributed by atoms with E-state index in [1.54, 1.807) is 12.4 Å². The van der Waals surface area contributed by atoms with Crippen LogP contribution in [-0.2, 0) is 4.79 Å². The second-order valence-corrected chi connectivity index (χ2v) is 7.62. The molecule has 3 heterocycles. The molecule has 2 amide bonds.